The number of carbonyl (C=O) groups excluding carboxylic acids is 1. The first-order valence-corrected chi connectivity index (χ1v) is 9.14. The minimum Gasteiger partial charge on any atom is -0.497 e. The minimum absolute atomic E-state index is 0.215. The fraction of sp³-hybridized carbons (Fsp3) is 0.100. The maximum absolute atomic E-state index is 12.0. The summed E-state index contributed by atoms with van der Waals surface area (Å²) in [5, 5.41) is 4.08. The van der Waals surface area contributed by atoms with Gasteiger partial charge >= 0.3 is 0 Å². The molecule has 0 bridgehead atoms. The number of benzene rings is 2. The van der Waals surface area contributed by atoms with Crippen molar-refractivity contribution in [2.24, 2.45) is 0 Å². The van der Waals surface area contributed by atoms with Crippen molar-refractivity contribution in [3.05, 3.63) is 81.8 Å². The summed E-state index contributed by atoms with van der Waals surface area (Å²) in [6, 6.07) is 15.2. The molecule has 0 aliphatic heterocycles. The quantitative estimate of drug-likeness (QED) is 0.605. The maximum atomic E-state index is 12.0. The van der Waals surface area contributed by atoms with Gasteiger partial charge < -0.3 is 4.74 Å². The largest absolute Gasteiger partial charge is 0.497 e. The third-order valence-electron chi connectivity index (χ3n) is 3.62. The zero-order chi connectivity index (χ0) is 18.4. The molecule has 1 N–H and O–H groups in total. The van der Waals surface area contributed by atoms with Crippen LogP contribution >= 0.6 is 22.9 Å². The van der Waals surface area contributed by atoms with Gasteiger partial charge in [0.25, 0.3) is 0 Å². The van der Waals surface area contributed by atoms with E-state index in [2.05, 4.69) is 10.3 Å². The SMILES string of the molecule is COc1ccc(C=CC(=O)Nc2ncc(Cc3ccc(Cl)cc3)s2)cc1. The summed E-state index contributed by atoms with van der Waals surface area (Å²) >= 11 is 7.36. The number of carbonyl (C=O) groups is 1. The Balaban J connectivity index is 1.56. The first kappa shape index (κ1) is 18.2. The molecular weight excluding hydrogens is 368 g/mol. The number of hydrogen-bond donors (Lipinski definition) is 1. The van der Waals surface area contributed by atoms with E-state index in [0.29, 0.717) is 5.13 Å². The van der Waals surface area contributed by atoms with Gasteiger partial charge in [0.1, 0.15) is 5.75 Å². The smallest absolute Gasteiger partial charge is 0.250 e. The second kappa shape index (κ2) is 8.65. The minimum atomic E-state index is -0.215. The van der Waals surface area contributed by atoms with Crippen LogP contribution in [0.25, 0.3) is 6.08 Å². The van der Waals surface area contributed by atoms with Crippen molar-refractivity contribution in [2.45, 2.75) is 6.42 Å². The lowest BCUT2D eigenvalue weighted by atomic mass is 10.1. The highest BCUT2D eigenvalue weighted by Gasteiger charge is 2.05. The van der Waals surface area contributed by atoms with Gasteiger partial charge in [0.2, 0.25) is 5.91 Å². The van der Waals surface area contributed by atoms with Crippen LogP contribution in [-0.2, 0) is 11.2 Å². The highest BCUT2D eigenvalue weighted by molar-refractivity contribution is 7.15. The Morgan fingerprint density at radius 3 is 2.62 bits per heavy atom. The van der Waals surface area contributed by atoms with Gasteiger partial charge in [-0.2, -0.15) is 0 Å². The summed E-state index contributed by atoms with van der Waals surface area (Å²) in [6.07, 6.45) is 5.77. The molecule has 1 aromatic heterocycles. The third-order valence-corrected chi connectivity index (χ3v) is 4.78. The van der Waals surface area contributed by atoms with Crippen LogP contribution < -0.4 is 10.1 Å². The van der Waals surface area contributed by atoms with Crippen molar-refractivity contribution in [3.8, 4) is 5.75 Å². The molecule has 0 atom stereocenters. The molecule has 0 unspecified atom stereocenters. The molecule has 3 aromatic rings. The predicted octanol–water partition coefficient (Wildman–Crippen LogP) is 5.05. The summed E-state index contributed by atoms with van der Waals surface area (Å²) in [4.78, 5) is 17.4. The number of halogens is 1. The van der Waals surface area contributed by atoms with E-state index >= 15 is 0 Å². The average molecular weight is 385 g/mol. The van der Waals surface area contributed by atoms with Gasteiger partial charge in [-0.05, 0) is 41.5 Å². The molecule has 1 heterocycles. The highest BCUT2D eigenvalue weighted by Crippen LogP contribution is 2.22. The van der Waals surface area contributed by atoms with Gasteiger partial charge in [-0.15, -0.1) is 11.3 Å². The summed E-state index contributed by atoms with van der Waals surface area (Å²) in [5.74, 6) is 0.566. The van der Waals surface area contributed by atoms with Crippen molar-refractivity contribution in [1.82, 2.24) is 4.98 Å². The first-order chi connectivity index (χ1) is 12.6. The van der Waals surface area contributed by atoms with Crippen LogP contribution in [-0.4, -0.2) is 18.0 Å². The average Bonchev–Trinajstić information content (AvgIpc) is 3.09. The second-order valence-electron chi connectivity index (χ2n) is 5.53. The Bertz CT molecular complexity index is 902. The van der Waals surface area contributed by atoms with Crippen molar-refractivity contribution >= 4 is 40.1 Å². The van der Waals surface area contributed by atoms with Crippen LogP contribution in [0.15, 0.2) is 60.8 Å². The molecule has 0 aliphatic carbocycles. The number of aromatic nitrogens is 1. The van der Waals surface area contributed by atoms with Crippen molar-refractivity contribution in [2.75, 3.05) is 12.4 Å². The molecule has 0 aliphatic rings. The first-order valence-electron chi connectivity index (χ1n) is 7.94. The van der Waals surface area contributed by atoms with Crippen LogP contribution in [0.4, 0.5) is 5.13 Å². The zero-order valence-corrected chi connectivity index (χ0v) is 15.7. The number of nitrogens with one attached hydrogen (secondary N) is 1. The normalized spacial score (nSPS) is 10.8. The lowest BCUT2D eigenvalue weighted by Crippen LogP contribution is -2.07. The number of amides is 1. The summed E-state index contributed by atoms with van der Waals surface area (Å²) in [6.45, 7) is 0. The lowest BCUT2D eigenvalue weighted by Gasteiger charge is -1.99. The second-order valence-corrected chi connectivity index (χ2v) is 7.08. The topological polar surface area (TPSA) is 51.2 Å². The van der Waals surface area contributed by atoms with Crippen LogP contribution in [0.1, 0.15) is 16.0 Å². The van der Waals surface area contributed by atoms with Gasteiger partial charge in [0.05, 0.1) is 7.11 Å². The maximum Gasteiger partial charge on any atom is 0.250 e. The van der Waals surface area contributed by atoms with Gasteiger partial charge in [-0.1, -0.05) is 35.9 Å². The highest BCUT2D eigenvalue weighted by atomic mass is 35.5. The monoisotopic (exact) mass is 384 g/mol. The Kier molecular flexibility index (Phi) is 6.04. The van der Waals surface area contributed by atoms with Crippen LogP contribution in [0.3, 0.4) is 0 Å². The molecule has 1 amide bonds. The molecule has 132 valence electrons. The molecule has 6 heteroatoms. The van der Waals surface area contributed by atoms with Crippen LogP contribution in [0.2, 0.25) is 5.02 Å². The third kappa shape index (κ3) is 5.18. The van der Waals surface area contributed by atoms with E-state index in [1.165, 1.54) is 17.4 Å². The summed E-state index contributed by atoms with van der Waals surface area (Å²) in [7, 11) is 1.62. The molecule has 2 aromatic carbocycles. The summed E-state index contributed by atoms with van der Waals surface area (Å²) in [5.41, 5.74) is 2.07. The van der Waals surface area contributed by atoms with Gasteiger partial charge in [0.15, 0.2) is 5.13 Å². The Morgan fingerprint density at radius 2 is 1.92 bits per heavy atom. The van der Waals surface area contributed by atoms with Gasteiger partial charge in [0, 0.05) is 28.6 Å². The Morgan fingerprint density at radius 1 is 1.19 bits per heavy atom. The number of thiazole rings is 1. The molecular formula is C20H17ClN2O2S. The van der Waals surface area contributed by atoms with Crippen molar-refractivity contribution in [1.29, 1.82) is 0 Å². The summed E-state index contributed by atoms with van der Waals surface area (Å²) < 4.78 is 5.11. The molecule has 0 saturated heterocycles. The molecule has 0 fully saturated rings. The fourth-order valence-corrected chi connectivity index (χ4v) is 3.26. The van der Waals surface area contributed by atoms with Crippen molar-refractivity contribution in [3.63, 3.8) is 0 Å². The van der Waals surface area contributed by atoms with E-state index in [1.54, 1.807) is 19.4 Å². The number of rotatable bonds is 6. The van der Waals surface area contributed by atoms with E-state index in [1.807, 2.05) is 48.5 Å². The number of hydrogen-bond acceptors (Lipinski definition) is 4. The lowest BCUT2D eigenvalue weighted by molar-refractivity contribution is -0.111. The van der Waals surface area contributed by atoms with E-state index in [0.717, 1.165) is 33.2 Å². The van der Waals surface area contributed by atoms with Crippen LogP contribution in [0, 0.1) is 0 Å². The van der Waals surface area contributed by atoms with Gasteiger partial charge in [-0.3, -0.25) is 10.1 Å². The molecule has 4 nitrogen and oxygen atoms in total. The fourth-order valence-electron chi connectivity index (χ4n) is 2.28. The van der Waals surface area contributed by atoms with Crippen LogP contribution in [0.5, 0.6) is 5.75 Å². The molecule has 3 rings (SSSR count). The van der Waals surface area contributed by atoms with E-state index in [9.17, 15) is 4.79 Å². The van der Waals surface area contributed by atoms with E-state index in [-0.39, 0.29) is 5.91 Å². The molecule has 0 radical (unpaired) electrons. The van der Waals surface area contributed by atoms with E-state index < -0.39 is 0 Å². The Hall–Kier alpha value is -2.63. The Labute approximate surface area is 161 Å². The van der Waals surface area contributed by atoms with E-state index in [4.69, 9.17) is 16.3 Å². The molecule has 0 saturated carbocycles. The standard InChI is InChI=1S/C20H17ClN2O2S/c1-25-17-9-4-14(5-10-17)6-11-19(24)23-20-22-13-18(26-20)12-15-2-7-16(21)8-3-15/h2-11,13H,12H2,1H3,(H,22,23,24). The molecule has 0 spiro atoms. The molecule has 26 heavy (non-hydrogen) atoms. The number of ether oxygens (including phenoxy) is 1. The predicted molar refractivity (Wildman–Crippen MR) is 107 cm³/mol. The van der Waals surface area contributed by atoms with Gasteiger partial charge in [-0.25, -0.2) is 4.98 Å². The number of nitrogens with zero attached hydrogens (tertiary/aromatic N) is 1. The number of methoxy groups -OCH3 is 1. The number of anilines is 1. The zero-order valence-electron chi connectivity index (χ0n) is 14.1. The van der Waals surface area contributed by atoms with Crippen molar-refractivity contribution < 1.29 is 9.53 Å².